The van der Waals surface area contributed by atoms with Gasteiger partial charge in [-0.2, -0.15) is 0 Å². The number of hydrogen-bond donors (Lipinski definition) is 1. The summed E-state index contributed by atoms with van der Waals surface area (Å²) in [5, 5.41) is 3.67. The van der Waals surface area contributed by atoms with Crippen molar-refractivity contribution in [2.75, 3.05) is 12.4 Å². The largest absolute Gasteiger partial charge is 0.382 e. The molecule has 0 spiro atoms. The molecule has 3 heteroatoms. The number of benzene rings is 1. The summed E-state index contributed by atoms with van der Waals surface area (Å²) in [6.45, 7) is 6.94. The lowest BCUT2D eigenvalue weighted by atomic mass is 9.87. The number of rotatable bonds is 4. The predicted octanol–water partition coefficient (Wildman–Crippen LogP) is 3.66. The van der Waals surface area contributed by atoms with Crippen LogP contribution in [-0.4, -0.2) is 23.9 Å². The number of nitrogens with one attached hydrogen (secondary N) is 1. The van der Waals surface area contributed by atoms with E-state index < -0.39 is 0 Å². The van der Waals surface area contributed by atoms with Crippen LogP contribution in [0.25, 0.3) is 0 Å². The van der Waals surface area contributed by atoms with E-state index in [1.54, 1.807) is 11.8 Å². The van der Waals surface area contributed by atoms with Gasteiger partial charge >= 0.3 is 0 Å². The summed E-state index contributed by atoms with van der Waals surface area (Å²) in [6, 6.07) is 8.96. The quantitative estimate of drug-likeness (QED) is 0.909. The van der Waals surface area contributed by atoms with Crippen molar-refractivity contribution in [1.82, 2.24) is 4.90 Å². The first-order valence-corrected chi connectivity index (χ1v) is 7.46. The van der Waals surface area contributed by atoms with Crippen molar-refractivity contribution in [3.63, 3.8) is 0 Å². The molecule has 110 valence electrons. The molecule has 1 atom stereocenters. The second-order valence-electron chi connectivity index (χ2n) is 6.65. The van der Waals surface area contributed by atoms with Crippen LogP contribution in [0, 0.1) is 5.41 Å². The minimum Gasteiger partial charge on any atom is -0.382 e. The lowest BCUT2D eigenvalue weighted by Gasteiger charge is -2.29. The van der Waals surface area contributed by atoms with Crippen LogP contribution in [0.3, 0.4) is 0 Å². The van der Waals surface area contributed by atoms with Gasteiger partial charge in [-0.1, -0.05) is 32.4 Å². The molecule has 0 radical (unpaired) electrons. The van der Waals surface area contributed by atoms with Crippen LogP contribution in [0.1, 0.15) is 45.6 Å². The molecule has 1 aliphatic carbocycles. The summed E-state index contributed by atoms with van der Waals surface area (Å²) in [6.07, 6.45) is 3.83. The normalized spacial score (nSPS) is 20.7. The van der Waals surface area contributed by atoms with Gasteiger partial charge in [0, 0.05) is 32.2 Å². The molecule has 20 heavy (non-hydrogen) atoms. The Hall–Kier alpha value is -1.51. The second kappa shape index (κ2) is 5.86. The SMILES string of the molecule is CC(=O)N(C)Cc1cccc(NC2CCCC2(C)C)c1. The van der Waals surface area contributed by atoms with Gasteiger partial charge in [0.15, 0.2) is 0 Å². The number of amides is 1. The molecule has 1 amide bonds. The molecular weight excluding hydrogens is 248 g/mol. The van der Waals surface area contributed by atoms with Gasteiger partial charge in [0.2, 0.25) is 5.91 Å². The summed E-state index contributed by atoms with van der Waals surface area (Å²) in [4.78, 5) is 13.0. The van der Waals surface area contributed by atoms with Crippen LogP contribution in [0.5, 0.6) is 0 Å². The highest BCUT2D eigenvalue weighted by atomic mass is 16.2. The Morgan fingerprint density at radius 3 is 2.80 bits per heavy atom. The Morgan fingerprint density at radius 1 is 1.45 bits per heavy atom. The third kappa shape index (κ3) is 3.53. The Balaban J connectivity index is 2.04. The summed E-state index contributed by atoms with van der Waals surface area (Å²) in [7, 11) is 1.84. The van der Waals surface area contributed by atoms with E-state index in [0.29, 0.717) is 18.0 Å². The van der Waals surface area contributed by atoms with Crippen molar-refractivity contribution in [2.45, 2.75) is 52.6 Å². The first kappa shape index (κ1) is 14.9. The molecule has 0 heterocycles. The summed E-state index contributed by atoms with van der Waals surface area (Å²) < 4.78 is 0. The first-order chi connectivity index (χ1) is 9.38. The number of anilines is 1. The van der Waals surface area contributed by atoms with Gasteiger partial charge in [-0.25, -0.2) is 0 Å². The zero-order valence-corrected chi connectivity index (χ0v) is 13.1. The number of carbonyl (C=O) groups is 1. The van der Waals surface area contributed by atoms with E-state index in [1.165, 1.54) is 30.5 Å². The molecule has 1 saturated carbocycles. The van der Waals surface area contributed by atoms with Crippen molar-refractivity contribution in [3.05, 3.63) is 29.8 Å². The number of hydrogen-bond acceptors (Lipinski definition) is 2. The molecule has 0 aliphatic heterocycles. The third-order valence-corrected chi connectivity index (χ3v) is 4.48. The number of nitrogens with zero attached hydrogens (tertiary/aromatic N) is 1. The van der Waals surface area contributed by atoms with Crippen molar-refractivity contribution in [2.24, 2.45) is 5.41 Å². The highest BCUT2D eigenvalue weighted by Gasteiger charge is 2.34. The van der Waals surface area contributed by atoms with Gasteiger partial charge in [-0.15, -0.1) is 0 Å². The van der Waals surface area contributed by atoms with Gasteiger partial charge in [0.05, 0.1) is 0 Å². The molecule has 1 unspecified atom stereocenters. The summed E-state index contributed by atoms with van der Waals surface area (Å²) in [5.74, 6) is 0.0975. The van der Waals surface area contributed by atoms with Crippen LogP contribution >= 0.6 is 0 Å². The van der Waals surface area contributed by atoms with Gasteiger partial charge in [-0.3, -0.25) is 4.79 Å². The Kier molecular flexibility index (Phi) is 4.36. The molecule has 0 bridgehead atoms. The second-order valence-corrected chi connectivity index (χ2v) is 6.65. The van der Waals surface area contributed by atoms with Crippen LogP contribution in [-0.2, 0) is 11.3 Å². The third-order valence-electron chi connectivity index (χ3n) is 4.48. The summed E-state index contributed by atoms with van der Waals surface area (Å²) in [5.41, 5.74) is 2.70. The lowest BCUT2D eigenvalue weighted by molar-refractivity contribution is -0.128. The van der Waals surface area contributed by atoms with Crippen molar-refractivity contribution < 1.29 is 4.79 Å². The number of carbonyl (C=O) groups excluding carboxylic acids is 1. The average molecular weight is 274 g/mol. The fourth-order valence-corrected chi connectivity index (χ4v) is 2.94. The van der Waals surface area contributed by atoms with E-state index >= 15 is 0 Å². The topological polar surface area (TPSA) is 32.3 Å². The van der Waals surface area contributed by atoms with E-state index in [2.05, 4.69) is 43.4 Å². The Morgan fingerprint density at radius 2 is 2.20 bits per heavy atom. The molecule has 2 rings (SSSR count). The van der Waals surface area contributed by atoms with Crippen molar-refractivity contribution >= 4 is 11.6 Å². The zero-order valence-electron chi connectivity index (χ0n) is 13.1. The summed E-state index contributed by atoms with van der Waals surface area (Å²) >= 11 is 0. The van der Waals surface area contributed by atoms with Crippen LogP contribution < -0.4 is 5.32 Å². The minimum atomic E-state index is 0.0975. The van der Waals surface area contributed by atoms with Gasteiger partial charge in [0.25, 0.3) is 0 Å². The standard InChI is InChI=1S/C17H26N2O/c1-13(20)19(4)12-14-7-5-8-15(11-14)18-16-9-6-10-17(16,2)3/h5,7-8,11,16,18H,6,9-10,12H2,1-4H3. The van der Waals surface area contributed by atoms with E-state index in [-0.39, 0.29) is 5.91 Å². The molecule has 0 saturated heterocycles. The first-order valence-electron chi connectivity index (χ1n) is 7.46. The Labute approximate surface area is 122 Å². The van der Waals surface area contributed by atoms with E-state index in [1.807, 2.05) is 7.05 Å². The molecule has 1 aromatic rings. The maximum atomic E-state index is 11.3. The van der Waals surface area contributed by atoms with Crippen molar-refractivity contribution in [3.8, 4) is 0 Å². The van der Waals surface area contributed by atoms with Crippen LogP contribution in [0.4, 0.5) is 5.69 Å². The van der Waals surface area contributed by atoms with Crippen LogP contribution in [0.2, 0.25) is 0 Å². The predicted molar refractivity (Wildman–Crippen MR) is 83.6 cm³/mol. The maximum Gasteiger partial charge on any atom is 0.219 e. The van der Waals surface area contributed by atoms with Crippen LogP contribution in [0.15, 0.2) is 24.3 Å². The average Bonchev–Trinajstić information content (AvgIpc) is 2.69. The molecular formula is C17H26N2O. The smallest absolute Gasteiger partial charge is 0.219 e. The highest BCUT2D eigenvalue weighted by molar-refractivity contribution is 5.72. The maximum absolute atomic E-state index is 11.3. The molecule has 1 N–H and O–H groups in total. The van der Waals surface area contributed by atoms with Crippen molar-refractivity contribution in [1.29, 1.82) is 0 Å². The van der Waals surface area contributed by atoms with Gasteiger partial charge < -0.3 is 10.2 Å². The molecule has 3 nitrogen and oxygen atoms in total. The fourth-order valence-electron chi connectivity index (χ4n) is 2.94. The van der Waals surface area contributed by atoms with Gasteiger partial charge in [-0.05, 0) is 36.0 Å². The van der Waals surface area contributed by atoms with Gasteiger partial charge in [0.1, 0.15) is 0 Å². The van der Waals surface area contributed by atoms with E-state index in [0.717, 1.165) is 0 Å². The zero-order chi connectivity index (χ0) is 14.8. The van der Waals surface area contributed by atoms with E-state index in [9.17, 15) is 4.79 Å². The monoisotopic (exact) mass is 274 g/mol. The van der Waals surface area contributed by atoms with E-state index in [4.69, 9.17) is 0 Å². The molecule has 1 aliphatic rings. The molecule has 1 fully saturated rings. The molecule has 1 aromatic carbocycles. The fraction of sp³-hybridized carbons (Fsp3) is 0.588. The Bertz CT molecular complexity index is 482. The molecule has 0 aromatic heterocycles. The lowest BCUT2D eigenvalue weighted by Crippen LogP contribution is -2.30. The minimum absolute atomic E-state index is 0.0975. The highest BCUT2D eigenvalue weighted by Crippen LogP contribution is 2.39.